The van der Waals surface area contributed by atoms with Crippen molar-refractivity contribution in [3.8, 4) is 17.1 Å². The minimum Gasteiger partial charge on any atom is -0.395 e. The third-order valence-electron chi connectivity index (χ3n) is 7.91. The molecule has 1 atom stereocenters. The summed E-state index contributed by atoms with van der Waals surface area (Å²) in [5, 5.41) is 18.0. The molecule has 0 radical (unpaired) electrons. The number of rotatable bonds is 8. The maximum absolute atomic E-state index is 12.3. The number of ether oxygens (including phenoxy) is 1. The average Bonchev–Trinajstić information content (AvgIpc) is 3.49. The summed E-state index contributed by atoms with van der Waals surface area (Å²) in [5.41, 5.74) is 3.41. The fourth-order valence-electron chi connectivity index (χ4n) is 5.44. The van der Waals surface area contributed by atoms with Gasteiger partial charge in [-0.1, -0.05) is 5.21 Å². The highest BCUT2D eigenvalue weighted by atomic mass is 32.2. The third-order valence-corrected chi connectivity index (χ3v) is 9.18. The molecule has 39 heavy (non-hydrogen) atoms. The van der Waals surface area contributed by atoms with Crippen molar-refractivity contribution in [2.45, 2.75) is 38.7 Å². The van der Waals surface area contributed by atoms with Crippen LogP contribution in [0.5, 0.6) is 0 Å². The Balaban J connectivity index is 1.30. The van der Waals surface area contributed by atoms with Gasteiger partial charge in [0.05, 0.1) is 37.0 Å². The fraction of sp³-hybridized carbons (Fsp3) is 0.538. The van der Waals surface area contributed by atoms with Gasteiger partial charge in [-0.2, -0.15) is 4.98 Å². The molecule has 2 aromatic heterocycles. The van der Waals surface area contributed by atoms with Gasteiger partial charge < -0.3 is 19.6 Å². The van der Waals surface area contributed by atoms with E-state index >= 15 is 0 Å². The third kappa shape index (κ3) is 5.70. The zero-order chi connectivity index (χ0) is 27.0. The number of aliphatic hydroxyl groups excluding tert-OH is 1. The molecular weight excluding hydrogens is 520 g/mol. The largest absolute Gasteiger partial charge is 0.395 e. The minimum atomic E-state index is -3.64. The van der Waals surface area contributed by atoms with Crippen LogP contribution in [0.1, 0.15) is 32.6 Å². The standard InChI is InChI=1S/C26H34N8O4S/c1-19-17-33(12-14-38-19)25-27-9-4-24(28-25)34-18-22(29-31-34)21-3-2-20(30-39(36,37)15-13-35)16-23(21)32-10-7-26(5-6-26)8-11-32/h2-4,9,16,18-19,30,35H,5-8,10-15,17H2,1H3/t19-/m1/s1. The maximum Gasteiger partial charge on any atom is 0.234 e. The first-order valence-electron chi connectivity index (χ1n) is 13.5. The van der Waals surface area contributed by atoms with Gasteiger partial charge in [-0.3, -0.25) is 4.72 Å². The molecule has 4 heterocycles. The monoisotopic (exact) mass is 554 g/mol. The molecule has 0 bridgehead atoms. The molecule has 3 aromatic rings. The summed E-state index contributed by atoms with van der Waals surface area (Å²) in [6.07, 6.45) is 8.53. The molecule has 3 fully saturated rings. The summed E-state index contributed by atoms with van der Waals surface area (Å²) in [5.74, 6) is 0.887. The SMILES string of the molecule is C[C@@H]1CN(c2nccc(-n3cc(-c4ccc(NS(=O)(=O)CCO)cc4N4CCC5(CC4)CC5)nn3)n2)CCO1. The van der Waals surface area contributed by atoms with Crippen molar-refractivity contribution >= 4 is 27.3 Å². The highest BCUT2D eigenvalue weighted by Gasteiger charge is 2.44. The van der Waals surface area contributed by atoms with Crippen molar-refractivity contribution in [2.75, 3.05) is 59.7 Å². The number of piperidine rings is 1. The van der Waals surface area contributed by atoms with Gasteiger partial charge in [-0.25, -0.2) is 18.1 Å². The van der Waals surface area contributed by atoms with Gasteiger partial charge >= 0.3 is 0 Å². The second-order valence-corrected chi connectivity index (χ2v) is 12.6. The molecule has 12 nitrogen and oxygen atoms in total. The first kappa shape index (κ1) is 26.0. The summed E-state index contributed by atoms with van der Waals surface area (Å²) >= 11 is 0. The number of nitrogens with one attached hydrogen (secondary N) is 1. The van der Waals surface area contributed by atoms with Crippen molar-refractivity contribution in [2.24, 2.45) is 5.41 Å². The lowest BCUT2D eigenvalue weighted by molar-refractivity contribution is 0.0526. The number of hydrogen-bond acceptors (Lipinski definition) is 10. The van der Waals surface area contributed by atoms with E-state index in [0.29, 0.717) is 35.2 Å². The highest BCUT2D eigenvalue weighted by molar-refractivity contribution is 7.92. The minimum absolute atomic E-state index is 0.114. The van der Waals surface area contributed by atoms with E-state index < -0.39 is 16.6 Å². The first-order valence-corrected chi connectivity index (χ1v) is 15.1. The number of aliphatic hydroxyl groups is 1. The van der Waals surface area contributed by atoms with Crippen LogP contribution in [0.15, 0.2) is 36.7 Å². The van der Waals surface area contributed by atoms with Gasteiger partial charge in [0.1, 0.15) is 5.69 Å². The van der Waals surface area contributed by atoms with Crippen LogP contribution >= 0.6 is 0 Å². The van der Waals surface area contributed by atoms with Crippen molar-refractivity contribution in [3.63, 3.8) is 0 Å². The molecule has 1 spiro atoms. The van der Waals surface area contributed by atoms with Crippen molar-refractivity contribution in [1.82, 2.24) is 25.0 Å². The van der Waals surface area contributed by atoms with E-state index in [0.717, 1.165) is 50.3 Å². The number of nitrogens with zero attached hydrogens (tertiary/aromatic N) is 7. The van der Waals surface area contributed by atoms with Crippen LogP contribution in [0.4, 0.5) is 17.3 Å². The van der Waals surface area contributed by atoms with E-state index in [1.807, 2.05) is 25.3 Å². The molecule has 0 amide bonds. The van der Waals surface area contributed by atoms with Gasteiger partial charge in [0.2, 0.25) is 16.0 Å². The zero-order valence-electron chi connectivity index (χ0n) is 22.0. The number of sulfonamides is 1. The molecule has 0 unspecified atom stereocenters. The van der Waals surface area contributed by atoms with Crippen LogP contribution in [0.3, 0.4) is 0 Å². The van der Waals surface area contributed by atoms with Gasteiger partial charge in [-0.15, -0.1) is 5.10 Å². The Hall–Kier alpha value is -3.29. The molecule has 6 rings (SSSR count). The predicted molar refractivity (Wildman–Crippen MR) is 148 cm³/mol. The molecule has 3 aliphatic rings. The second kappa shape index (κ2) is 10.4. The molecule has 2 aliphatic heterocycles. The van der Waals surface area contributed by atoms with E-state index in [2.05, 4.69) is 29.8 Å². The second-order valence-electron chi connectivity index (χ2n) is 10.8. The highest BCUT2D eigenvalue weighted by Crippen LogP contribution is 2.54. The Labute approximate surface area is 228 Å². The number of morpholine rings is 1. The lowest BCUT2D eigenvalue weighted by Gasteiger charge is -2.35. The molecule has 13 heteroatoms. The molecule has 2 N–H and O–H groups in total. The van der Waals surface area contributed by atoms with Crippen LogP contribution in [0.2, 0.25) is 0 Å². The Morgan fingerprint density at radius 1 is 1.13 bits per heavy atom. The van der Waals surface area contributed by atoms with Gasteiger partial charge in [0.25, 0.3) is 0 Å². The van der Waals surface area contributed by atoms with Gasteiger partial charge in [0, 0.05) is 49.7 Å². The van der Waals surface area contributed by atoms with Crippen molar-refractivity contribution < 1.29 is 18.3 Å². The Morgan fingerprint density at radius 2 is 1.95 bits per heavy atom. The van der Waals surface area contributed by atoms with Crippen LogP contribution in [-0.4, -0.2) is 89.7 Å². The van der Waals surface area contributed by atoms with Crippen LogP contribution in [0, 0.1) is 5.41 Å². The number of benzene rings is 1. The quantitative estimate of drug-likeness (QED) is 0.425. The Kier molecular flexibility index (Phi) is 6.89. The molecule has 1 aliphatic carbocycles. The Bertz CT molecular complexity index is 1430. The van der Waals surface area contributed by atoms with Crippen molar-refractivity contribution in [3.05, 3.63) is 36.7 Å². The van der Waals surface area contributed by atoms with E-state index in [9.17, 15) is 8.42 Å². The van der Waals surface area contributed by atoms with Crippen LogP contribution < -0.4 is 14.5 Å². The van der Waals surface area contributed by atoms with Crippen LogP contribution in [0.25, 0.3) is 17.1 Å². The summed E-state index contributed by atoms with van der Waals surface area (Å²) in [6.45, 7) is 5.49. The molecule has 1 saturated carbocycles. The molecule has 208 valence electrons. The van der Waals surface area contributed by atoms with E-state index in [-0.39, 0.29) is 11.9 Å². The topological polar surface area (TPSA) is 139 Å². The summed E-state index contributed by atoms with van der Waals surface area (Å²) < 4.78 is 34.5. The number of hydrogen-bond donors (Lipinski definition) is 2. The lowest BCUT2D eigenvalue weighted by atomic mass is 9.93. The number of anilines is 3. The summed E-state index contributed by atoms with van der Waals surface area (Å²) in [4.78, 5) is 13.6. The van der Waals surface area contributed by atoms with E-state index in [1.54, 1.807) is 23.0 Å². The smallest absolute Gasteiger partial charge is 0.234 e. The fourth-order valence-corrected chi connectivity index (χ4v) is 6.27. The van der Waals surface area contributed by atoms with Gasteiger partial charge in [-0.05, 0) is 56.2 Å². The van der Waals surface area contributed by atoms with E-state index in [1.165, 1.54) is 12.8 Å². The van der Waals surface area contributed by atoms with Gasteiger partial charge in [0.15, 0.2) is 5.82 Å². The van der Waals surface area contributed by atoms with E-state index in [4.69, 9.17) is 14.8 Å². The summed E-state index contributed by atoms with van der Waals surface area (Å²) in [7, 11) is -3.64. The maximum atomic E-state index is 12.3. The molecular formula is C26H34N8O4S. The average molecular weight is 555 g/mol. The zero-order valence-corrected chi connectivity index (χ0v) is 22.8. The van der Waals surface area contributed by atoms with Crippen molar-refractivity contribution in [1.29, 1.82) is 0 Å². The summed E-state index contributed by atoms with van der Waals surface area (Å²) in [6, 6.07) is 7.26. The lowest BCUT2D eigenvalue weighted by Crippen LogP contribution is -2.42. The predicted octanol–water partition coefficient (Wildman–Crippen LogP) is 2.06. The molecule has 2 saturated heterocycles. The van der Waals surface area contributed by atoms with Crippen LogP contribution in [-0.2, 0) is 14.8 Å². The Morgan fingerprint density at radius 3 is 2.69 bits per heavy atom. The first-order chi connectivity index (χ1) is 18.8. The number of aromatic nitrogens is 5. The normalized spacial score (nSPS) is 20.8. The molecule has 1 aromatic carbocycles.